The van der Waals surface area contributed by atoms with Crippen molar-refractivity contribution in [2.45, 2.75) is 31.8 Å². The summed E-state index contributed by atoms with van der Waals surface area (Å²) in [6, 6.07) is 1.58. The zero-order chi connectivity index (χ0) is 8.43. The number of likely N-dealkylation sites (tertiary alicyclic amines) is 1. The molecule has 2 unspecified atom stereocenters. The lowest BCUT2D eigenvalue weighted by Crippen LogP contribution is -2.37. The van der Waals surface area contributed by atoms with Crippen molar-refractivity contribution in [3.05, 3.63) is 0 Å². The zero-order valence-electron chi connectivity index (χ0n) is 8.17. The molecule has 2 nitrogen and oxygen atoms in total. The Bertz CT molecular complexity index is 123. The lowest BCUT2D eigenvalue weighted by Gasteiger charge is -2.25. The summed E-state index contributed by atoms with van der Waals surface area (Å²) in [5.74, 6) is 0. The summed E-state index contributed by atoms with van der Waals surface area (Å²) in [5, 5.41) is 0. The molecule has 0 aliphatic carbocycles. The number of likely N-dealkylation sites (N-methyl/N-ethyl adjacent to an activating group) is 2. The van der Waals surface area contributed by atoms with E-state index in [9.17, 15) is 0 Å². The van der Waals surface area contributed by atoms with E-state index in [1.807, 2.05) is 0 Å². The molecule has 0 radical (unpaired) electrons. The molecule has 0 aromatic carbocycles. The second kappa shape index (κ2) is 3.55. The molecular formula is C9H20N2. The van der Waals surface area contributed by atoms with E-state index in [0.29, 0.717) is 0 Å². The van der Waals surface area contributed by atoms with Crippen LogP contribution in [0.3, 0.4) is 0 Å². The van der Waals surface area contributed by atoms with Crippen molar-refractivity contribution in [2.24, 2.45) is 0 Å². The molecule has 1 aliphatic rings. The summed E-state index contributed by atoms with van der Waals surface area (Å²) in [7, 11) is 6.54. The molecule has 66 valence electrons. The van der Waals surface area contributed by atoms with Gasteiger partial charge in [-0.1, -0.05) is 0 Å². The van der Waals surface area contributed by atoms with Crippen LogP contribution in [0.25, 0.3) is 0 Å². The Hall–Kier alpha value is -0.0800. The quantitative estimate of drug-likeness (QED) is 0.589. The summed E-state index contributed by atoms with van der Waals surface area (Å²) < 4.78 is 0. The van der Waals surface area contributed by atoms with Crippen LogP contribution in [0.15, 0.2) is 0 Å². The maximum Gasteiger partial charge on any atom is 0.0223 e. The molecule has 2 atom stereocenters. The molecule has 1 fully saturated rings. The normalized spacial score (nSPS) is 33.5. The van der Waals surface area contributed by atoms with Crippen molar-refractivity contribution in [3.63, 3.8) is 0 Å². The summed E-state index contributed by atoms with van der Waals surface area (Å²) in [6.45, 7) is 3.52. The second-order valence-electron chi connectivity index (χ2n) is 4.01. The van der Waals surface area contributed by atoms with Crippen LogP contribution in [0.5, 0.6) is 0 Å². The minimum absolute atomic E-state index is 0.792. The van der Waals surface area contributed by atoms with Crippen molar-refractivity contribution < 1.29 is 0 Å². The third-order valence-electron chi connectivity index (χ3n) is 2.76. The molecule has 1 heterocycles. The number of hydrogen-bond donors (Lipinski definition) is 0. The summed E-state index contributed by atoms with van der Waals surface area (Å²) in [6.07, 6.45) is 2.74. The van der Waals surface area contributed by atoms with E-state index in [1.165, 1.54) is 19.4 Å². The van der Waals surface area contributed by atoms with Gasteiger partial charge in [-0.2, -0.15) is 0 Å². The van der Waals surface area contributed by atoms with Gasteiger partial charge in [0.25, 0.3) is 0 Å². The largest absolute Gasteiger partial charge is 0.308 e. The van der Waals surface area contributed by atoms with Crippen molar-refractivity contribution in [1.82, 2.24) is 9.80 Å². The molecule has 0 saturated carbocycles. The van der Waals surface area contributed by atoms with Crippen LogP contribution < -0.4 is 0 Å². The maximum atomic E-state index is 2.50. The van der Waals surface area contributed by atoms with Gasteiger partial charge >= 0.3 is 0 Å². The molecule has 0 aromatic heterocycles. The van der Waals surface area contributed by atoms with Crippen LogP contribution in [0.2, 0.25) is 0 Å². The fraction of sp³-hybridized carbons (Fsp3) is 1.00. The molecule has 0 aromatic rings. The summed E-state index contributed by atoms with van der Waals surface area (Å²) >= 11 is 0. The predicted molar refractivity (Wildman–Crippen MR) is 48.8 cm³/mol. The molecule has 0 spiro atoms. The topological polar surface area (TPSA) is 6.48 Å². The first-order valence-electron chi connectivity index (χ1n) is 4.48. The van der Waals surface area contributed by atoms with Gasteiger partial charge in [-0.15, -0.1) is 0 Å². The smallest absolute Gasteiger partial charge is 0.0223 e. The molecule has 1 aliphatic heterocycles. The first-order valence-corrected chi connectivity index (χ1v) is 4.48. The molecule has 1 saturated heterocycles. The van der Waals surface area contributed by atoms with Crippen molar-refractivity contribution in [3.8, 4) is 0 Å². The second-order valence-corrected chi connectivity index (χ2v) is 4.01. The Kier molecular flexibility index (Phi) is 2.90. The lowest BCUT2D eigenvalue weighted by molar-refractivity contribution is 0.209. The molecule has 1 rings (SSSR count). The molecule has 0 amide bonds. The van der Waals surface area contributed by atoms with Crippen molar-refractivity contribution in [1.29, 1.82) is 0 Å². The van der Waals surface area contributed by atoms with Gasteiger partial charge in [0.1, 0.15) is 0 Å². The highest BCUT2D eigenvalue weighted by atomic mass is 15.2. The molecule has 0 bridgehead atoms. The Morgan fingerprint density at radius 3 is 2.36 bits per heavy atom. The van der Waals surface area contributed by atoms with E-state index in [1.54, 1.807) is 0 Å². The van der Waals surface area contributed by atoms with Gasteiger partial charge in [0.15, 0.2) is 0 Å². The van der Waals surface area contributed by atoms with Crippen LogP contribution in [0.1, 0.15) is 19.8 Å². The van der Waals surface area contributed by atoms with Crippen LogP contribution in [-0.2, 0) is 0 Å². The first-order chi connectivity index (χ1) is 5.11. The van der Waals surface area contributed by atoms with Crippen LogP contribution in [0.4, 0.5) is 0 Å². The van der Waals surface area contributed by atoms with E-state index in [0.717, 1.165) is 12.1 Å². The lowest BCUT2D eigenvalue weighted by atomic mass is 10.2. The van der Waals surface area contributed by atoms with Gasteiger partial charge < -0.3 is 4.90 Å². The Labute approximate surface area is 70.2 Å². The number of nitrogens with zero attached hydrogens (tertiary/aromatic N) is 2. The van der Waals surface area contributed by atoms with Gasteiger partial charge in [-0.25, -0.2) is 0 Å². The maximum absolute atomic E-state index is 2.50. The monoisotopic (exact) mass is 156 g/mol. The predicted octanol–water partition coefficient (Wildman–Crippen LogP) is 1.03. The fourth-order valence-corrected chi connectivity index (χ4v) is 1.84. The van der Waals surface area contributed by atoms with E-state index in [4.69, 9.17) is 0 Å². The number of rotatable bonds is 2. The third kappa shape index (κ3) is 2.17. The average molecular weight is 156 g/mol. The van der Waals surface area contributed by atoms with E-state index < -0.39 is 0 Å². The Balaban J connectivity index is 2.36. The van der Waals surface area contributed by atoms with Crippen LogP contribution in [-0.4, -0.2) is 49.6 Å². The van der Waals surface area contributed by atoms with Crippen LogP contribution in [0, 0.1) is 0 Å². The van der Waals surface area contributed by atoms with Gasteiger partial charge in [0.2, 0.25) is 0 Å². The van der Waals surface area contributed by atoms with E-state index in [-0.39, 0.29) is 0 Å². The summed E-state index contributed by atoms with van der Waals surface area (Å²) in [5.41, 5.74) is 0. The molecule has 0 N–H and O–H groups in total. The van der Waals surface area contributed by atoms with Crippen LogP contribution >= 0.6 is 0 Å². The Morgan fingerprint density at radius 2 is 2.00 bits per heavy atom. The van der Waals surface area contributed by atoms with Gasteiger partial charge in [-0.05, 0) is 40.9 Å². The first kappa shape index (κ1) is 9.01. The van der Waals surface area contributed by atoms with Gasteiger partial charge in [0, 0.05) is 18.6 Å². The van der Waals surface area contributed by atoms with Gasteiger partial charge in [0.05, 0.1) is 0 Å². The van der Waals surface area contributed by atoms with Crippen molar-refractivity contribution >= 4 is 0 Å². The average Bonchev–Trinajstić information content (AvgIpc) is 2.18. The number of hydrogen-bond acceptors (Lipinski definition) is 2. The zero-order valence-corrected chi connectivity index (χ0v) is 8.17. The third-order valence-corrected chi connectivity index (χ3v) is 2.76. The van der Waals surface area contributed by atoms with E-state index in [2.05, 4.69) is 37.9 Å². The molecular weight excluding hydrogens is 136 g/mol. The Morgan fingerprint density at radius 1 is 1.36 bits per heavy atom. The SMILES string of the molecule is CC1CCC(CN(C)C)N1C. The highest BCUT2D eigenvalue weighted by Gasteiger charge is 2.26. The molecule has 2 heteroatoms. The van der Waals surface area contributed by atoms with Gasteiger partial charge in [-0.3, -0.25) is 4.90 Å². The highest BCUT2D eigenvalue weighted by molar-refractivity contribution is 4.83. The van der Waals surface area contributed by atoms with E-state index >= 15 is 0 Å². The highest BCUT2D eigenvalue weighted by Crippen LogP contribution is 2.21. The standard InChI is InChI=1S/C9H20N2/c1-8-5-6-9(11(8)4)7-10(2)3/h8-9H,5-7H2,1-4H3. The van der Waals surface area contributed by atoms with Crippen molar-refractivity contribution in [2.75, 3.05) is 27.7 Å². The summed E-state index contributed by atoms with van der Waals surface area (Å²) in [4.78, 5) is 4.78. The minimum atomic E-state index is 0.792. The fourth-order valence-electron chi connectivity index (χ4n) is 1.84. The molecule has 11 heavy (non-hydrogen) atoms. The minimum Gasteiger partial charge on any atom is -0.308 e.